The molecule has 2 fully saturated rings. The Morgan fingerprint density at radius 3 is 2.30 bits per heavy atom. The van der Waals surface area contributed by atoms with Crippen molar-refractivity contribution in [2.24, 2.45) is 11.3 Å². The van der Waals surface area contributed by atoms with Crippen molar-refractivity contribution in [2.75, 3.05) is 0 Å². The molecule has 2 N–H and O–H groups in total. The molecule has 2 saturated carbocycles. The number of hydrogen-bond donors (Lipinski definition) is 2. The zero-order chi connectivity index (χ0) is 20.6. The van der Waals surface area contributed by atoms with Crippen LogP contribution >= 0.6 is 11.6 Å². The molecule has 2 aromatic rings. The molecule has 2 aliphatic carbocycles. The van der Waals surface area contributed by atoms with Gasteiger partial charge in [-0.1, -0.05) is 59.6 Å². The van der Waals surface area contributed by atoms with Crippen molar-refractivity contribution in [1.82, 2.24) is 10.3 Å². The number of fused-ring (bicyclic) bond motifs is 1. The number of H-pyrrole nitrogens is 1. The molecule has 3 nitrogen and oxygen atoms in total. The Hall–Kier alpha value is -1.48. The molecule has 1 heterocycles. The van der Waals surface area contributed by atoms with Gasteiger partial charge < -0.3 is 10.3 Å². The predicted octanol–water partition coefficient (Wildman–Crippen LogP) is 7.01. The van der Waals surface area contributed by atoms with Crippen LogP contribution in [0.15, 0.2) is 18.2 Å². The van der Waals surface area contributed by atoms with Crippen LogP contribution in [0, 0.1) is 18.3 Å². The summed E-state index contributed by atoms with van der Waals surface area (Å²) in [5, 5.41) is 4.95. The van der Waals surface area contributed by atoms with Crippen molar-refractivity contribution in [3.63, 3.8) is 0 Å². The molecule has 152 valence electrons. The minimum atomic E-state index is 0.225. The summed E-state index contributed by atoms with van der Waals surface area (Å²) in [7, 11) is 0. The molecular weight excluding hydrogens is 356 g/mol. The van der Waals surface area contributed by atoms with Crippen molar-refractivity contribution in [3.05, 3.63) is 34.5 Å². The van der Waals surface area contributed by atoms with Crippen molar-refractivity contribution in [2.45, 2.75) is 80.7 Å². The Labute approximate surface area is 170 Å². The van der Waals surface area contributed by atoms with Crippen LogP contribution in [0.3, 0.4) is 0 Å². The van der Waals surface area contributed by atoms with Gasteiger partial charge in [-0.3, -0.25) is 4.79 Å². The summed E-state index contributed by atoms with van der Waals surface area (Å²) in [5.74, 6) is 0.495. The Morgan fingerprint density at radius 2 is 1.78 bits per heavy atom. The lowest BCUT2D eigenvalue weighted by atomic mass is 9.80. The molecule has 1 aromatic heterocycles. The summed E-state index contributed by atoms with van der Waals surface area (Å²) < 4.78 is 0. The fourth-order valence-corrected chi connectivity index (χ4v) is 3.80. The molecule has 1 spiro atoms. The molecule has 0 aliphatic heterocycles. The fraction of sp³-hybridized carbons (Fsp3) is 0.609. The number of benzene rings is 1. The second kappa shape index (κ2) is 10.8. The predicted molar refractivity (Wildman–Crippen MR) is 118 cm³/mol. The summed E-state index contributed by atoms with van der Waals surface area (Å²) in [6, 6.07) is 6.08. The molecule has 27 heavy (non-hydrogen) atoms. The van der Waals surface area contributed by atoms with Gasteiger partial charge in [0, 0.05) is 27.5 Å². The van der Waals surface area contributed by atoms with Crippen LogP contribution < -0.4 is 5.32 Å². The first-order valence-electron chi connectivity index (χ1n) is 10.6. The van der Waals surface area contributed by atoms with Gasteiger partial charge in [0.2, 0.25) is 5.91 Å². The Bertz CT molecular complexity index is 692. The highest BCUT2D eigenvalue weighted by molar-refractivity contribution is 6.32. The van der Waals surface area contributed by atoms with E-state index >= 15 is 0 Å². The van der Waals surface area contributed by atoms with Gasteiger partial charge in [0.1, 0.15) is 0 Å². The molecule has 1 amide bonds. The largest absolute Gasteiger partial charge is 0.357 e. The van der Waals surface area contributed by atoms with Crippen LogP contribution in [-0.2, 0) is 11.3 Å². The maximum atomic E-state index is 12.2. The van der Waals surface area contributed by atoms with E-state index in [1.807, 2.05) is 60.6 Å². The minimum absolute atomic E-state index is 0.225. The number of aryl methyl sites for hydroxylation is 1. The SMILES string of the molecule is CC.CC.CC.Cc1cc2[nH]c(CNC(=O)C3CC34CCC4)cc2cc1Cl. The van der Waals surface area contributed by atoms with Crippen LogP contribution in [-0.4, -0.2) is 10.9 Å². The number of halogens is 1. The van der Waals surface area contributed by atoms with Crippen molar-refractivity contribution in [3.8, 4) is 0 Å². The third-order valence-electron chi connectivity index (χ3n) is 5.26. The van der Waals surface area contributed by atoms with E-state index in [0.717, 1.165) is 33.6 Å². The van der Waals surface area contributed by atoms with Gasteiger partial charge in [-0.2, -0.15) is 0 Å². The third kappa shape index (κ3) is 5.28. The molecule has 1 aromatic carbocycles. The summed E-state index contributed by atoms with van der Waals surface area (Å²) in [6.07, 6.45) is 4.89. The van der Waals surface area contributed by atoms with Gasteiger partial charge >= 0.3 is 0 Å². The van der Waals surface area contributed by atoms with Gasteiger partial charge in [0.05, 0.1) is 6.54 Å². The quantitative estimate of drug-likeness (QED) is 0.579. The van der Waals surface area contributed by atoms with E-state index in [2.05, 4.69) is 16.4 Å². The molecule has 1 unspecified atom stereocenters. The number of rotatable bonds is 3. The molecule has 0 radical (unpaired) electrons. The smallest absolute Gasteiger partial charge is 0.224 e. The maximum Gasteiger partial charge on any atom is 0.224 e. The second-order valence-corrected chi connectivity index (χ2v) is 7.08. The van der Waals surface area contributed by atoms with Gasteiger partial charge in [0.25, 0.3) is 0 Å². The summed E-state index contributed by atoms with van der Waals surface area (Å²) in [5.41, 5.74) is 3.56. The summed E-state index contributed by atoms with van der Waals surface area (Å²) >= 11 is 6.14. The van der Waals surface area contributed by atoms with Crippen molar-refractivity contribution in [1.29, 1.82) is 0 Å². The number of amides is 1. The number of carbonyl (C=O) groups is 1. The first kappa shape index (κ1) is 23.6. The Kier molecular flexibility index (Phi) is 9.38. The highest BCUT2D eigenvalue weighted by atomic mass is 35.5. The second-order valence-electron chi connectivity index (χ2n) is 6.67. The normalized spacial score (nSPS) is 18.0. The lowest BCUT2D eigenvalue weighted by Gasteiger charge is -2.26. The van der Waals surface area contributed by atoms with Crippen LogP contribution in [0.25, 0.3) is 10.9 Å². The van der Waals surface area contributed by atoms with Crippen LogP contribution in [0.5, 0.6) is 0 Å². The number of hydrogen-bond acceptors (Lipinski definition) is 1. The lowest BCUT2D eigenvalue weighted by Crippen LogP contribution is -2.29. The highest BCUT2D eigenvalue weighted by Crippen LogP contribution is 2.65. The number of aromatic nitrogens is 1. The van der Waals surface area contributed by atoms with Gasteiger partial charge in [-0.15, -0.1) is 0 Å². The van der Waals surface area contributed by atoms with Gasteiger partial charge in [0.15, 0.2) is 0 Å². The van der Waals surface area contributed by atoms with Crippen LogP contribution in [0.4, 0.5) is 0 Å². The first-order chi connectivity index (χ1) is 13.1. The van der Waals surface area contributed by atoms with Crippen molar-refractivity contribution < 1.29 is 4.79 Å². The molecule has 4 heteroatoms. The van der Waals surface area contributed by atoms with E-state index in [1.54, 1.807) is 0 Å². The molecule has 0 saturated heterocycles. The van der Waals surface area contributed by atoms with E-state index in [1.165, 1.54) is 19.3 Å². The molecule has 1 atom stereocenters. The lowest BCUT2D eigenvalue weighted by molar-refractivity contribution is -0.123. The average Bonchev–Trinajstić information content (AvgIpc) is 3.35. The van der Waals surface area contributed by atoms with Crippen molar-refractivity contribution >= 4 is 28.4 Å². The van der Waals surface area contributed by atoms with Gasteiger partial charge in [-0.05, 0) is 55.4 Å². The van der Waals surface area contributed by atoms with Crippen LogP contribution in [0.2, 0.25) is 5.02 Å². The maximum absolute atomic E-state index is 12.2. The van der Waals surface area contributed by atoms with E-state index in [4.69, 9.17) is 11.6 Å². The van der Waals surface area contributed by atoms with E-state index in [9.17, 15) is 4.79 Å². The number of nitrogens with one attached hydrogen (secondary N) is 2. The Balaban J connectivity index is 0.000000556. The van der Waals surface area contributed by atoms with E-state index in [-0.39, 0.29) is 11.8 Å². The first-order valence-corrected chi connectivity index (χ1v) is 11.0. The highest BCUT2D eigenvalue weighted by Gasteiger charge is 2.60. The number of aromatic amines is 1. The zero-order valence-corrected chi connectivity index (χ0v) is 18.9. The van der Waals surface area contributed by atoms with Gasteiger partial charge in [-0.25, -0.2) is 0 Å². The van der Waals surface area contributed by atoms with E-state index in [0.29, 0.717) is 12.0 Å². The molecule has 4 rings (SSSR count). The molecular formula is C23H37ClN2O. The monoisotopic (exact) mass is 392 g/mol. The Morgan fingerprint density at radius 1 is 1.15 bits per heavy atom. The molecule has 0 bridgehead atoms. The molecule has 2 aliphatic rings. The average molecular weight is 393 g/mol. The summed E-state index contributed by atoms with van der Waals surface area (Å²) in [4.78, 5) is 15.5. The third-order valence-corrected chi connectivity index (χ3v) is 5.67. The topological polar surface area (TPSA) is 44.9 Å². The summed E-state index contributed by atoms with van der Waals surface area (Å²) in [6.45, 7) is 14.6. The van der Waals surface area contributed by atoms with E-state index < -0.39 is 0 Å². The van der Waals surface area contributed by atoms with Crippen LogP contribution in [0.1, 0.15) is 78.5 Å². The minimum Gasteiger partial charge on any atom is -0.357 e. The zero-order valence-electron chi connectivity index (χ0n) is 18.1. The fourth-order valence-electron chi connectivity index (χ4n) is 3.62. The number of carbonyl (C=O) groups excluding carboxylic acids is 1. The standard InChI is InChI=1S/C17H19ClN2O.3C2H6/c1-10-5-15-11(7-14(10)18)6-12(20-15)9-19-16(21)13-8-17(13)3-2-4-17;3*1-2/h5-7,13,20H,2-4,8-9H2,1H3,(H,19,21);3*1-2H3.